The van der Waals surface area contributed by atoms with Gasteiger partial charge in [-0.2, -0.15) is 0 Å². The lowest BCUT2D eigenvalue weighted by Crippen LogP contribution is -2.29. The molecule has 2 atom stereocenters. The summed E-state index contributed by atoms with van der Waals surface area (Å²) in [6.45, 7) is 7.11. The molecule has 2 aliphatic heterocycles. The average Bonchev–Trinajstić information content (AvgIpc) is 3.16. The number of hydrogen-bond donors (Lipinski definition) is 2. The van der Waals surface area contributed by atoms with E-state index in [4.69, 9.17) is 11.5 Å². The van der Waals surface area contributed by atoms with E-state index < -0.39 is 0 Å². The Bertz CT molecular complexity index is 567. The molecule has 2 rings (SSSR count). The van der Waals surface area contributed by atoms with E-state index in [-0.39, 0.29) is 30.0 Å². The Kier molecular flexibility index (Phi) is 11.3. The van der Waals surface area contributed by atoms with Crippen LogP contribution in [-0.2, 0) is 19.2 Å². The van der Waals surface area contributed by atoms with Gasteiger partial charge in [0.15, 0.2) is 0 Å². The van der Waals surface area contributed by atoms with Gasteiger partial charge in [-0.3, -0.25) is 19.2 Å². The minimum atomic E-state index is -0.336. The Hall–Kier alpha value is -2.12. The number of nitrogens with two attached hydrogens (primary N) is 2. The molecule has 2 fully saturated rings. The number of rotatable bonds is 11. The maximum absolute atomic E-state index is 11.5. The second-order valence-corrected chi connectivity index (χ2v) is 8.18. The quantitative estimate of drug-likeness (QED) is 0.534. The van der Waals surface area contributed by atoms with Crippen LogP contribution in [0.2, 0.25) is 0 Å². The molecule has 8 nitrogen and oxygen atoms in total. The molecular formula is C21H38N4O4. The van der Waals surface area contributed by atoms with E-state index in [2.05, 4.69) is 13.8 Å². The van der Waals surface area contributed by atoms with Crippen molar-refractivity contribution in [2.75, 3.05) is 26.2 Å². The van der Waals surface area contributed by atoms with Gasteiger partial charge in [0, 0.05) is 51.9 Å². The molecule has 0 aromatic heterocycles. The largest absolute Gasteiger partial charge is 0.370 e. The maximum atomic E-state index is 11.5. The highest BCUT2D eigenvalue weighted by Gasteiger charge is 2.29. The average molecular weight is 411 g/mol. The fourth-order valence-corrected chi connectivity index (χ4v) is 4.03. The normalized spacial score (nSPS) is 21.3. The second-order valence-electron chi connectivity index (χ2n) is 8.18. The first-order valence-corrected chi connectivity index (χ1v) is 10.9. The molecule has 0 bridgehead atoms. The second kappa shape index (κ2) is 13.2. The fourth-order valence-electron chi connectivity index (χ4n) is 4.03. The molecule has 29 heavy (non-hydrogen) atoms. The van der Waals surface area contributed by atoms with Gasteiger partial charge in [-0.1, -0.05) is 26.7 Å². The molecule has 4 amide bonds. The molecule has 0 aliphatic carbocycles. The van der Waals surface area contributed by atoms with Crippen LogP contribution >= 0.6 is 0 Å². The molecule has 0 aromatic rings. The minimum Gasteiger partial charge on any atom is -0.370 e. The molecule has 166 valence electrons. The number of nitrogens with zero attached hydrogens (tertiary/aromatic N) is 2. The molecule has 8 heteroatoms. The topological polar surface area (TPSA) is 127 Å². The summed E-state index contributed by atoms with van der Waals surface area (Å²) in [5.41, 5.74) is 10.1. The number of carbonyl (C=O) groups is 4. The summed E-state index contributed by atoms with van der Waals surface area (Å²) in [4.78, 5) is 47.7. The van der Waals surface area contributed by atoms with Crippen molar-refractivity contribution in [2.45, 2.75) is 71.6 Å². The van der Waals surface area contributed by atoms with Crippen molar-refractivity contribution in [3.63, 3.8) is 0 Å². The van der Waals surface area contributed by atoms with Crippen molar-refractivity contribution in [3.05, 3.63) is 0 Å². The molecule has 0 saturated carbocycles. The molecule has 0 spiro atoms. The van der Waals surface area contributed by atoms with Crippen molar-refractivity contribution in [2.24, 2.45) is 23.3 Å². The zero-order chi connectivity index (χ0) is 21.8. The lowest BCUT2D eigenvalue weighted by atomic mass is 10.0. The first-order chi connectivity index (χ1) is 13.8. The highest BCUT2D eigenvalue weighted by Crippen LogP contribution is 2.23. The Balaban J connectivity index is 0.000000291. The van der Waals surface area contributed by atoms with Crippen LogP contribution in [0.3, 0.4) is 0 Å². The molecular weight excluding hydrogens is 372 g/mol. The minimum absolute atomic E-state index is 0.171. The van der Waals surface area contributed by atoms with Gasteiger partial charge in [0.1, 0.15) is 0 Å². The van der Waals surface area contributed by atoms with Crippen LogP contribution in [0.15, 0.2) is 0 Å². The van der Waals surface area contributed by atoms with E-state index in [1.807, 2.05) is 4.90 Å². The number of hydrogen-bond acceptors (Lipinski definition) is 4. The highest BCUT2D eigenvalue weighted by molar-refractivity contribution is 5.80. The van der Waals surface area contributed by atoms with Crippen LogP contribution in [0, 0.1) is 11.8 Å². The molecule has 0 radical (unpaired) electrons. The predicted molar refractivity (Wildman–Crippen MR) is 111 cm³/mol. The Morgan fingerprint density at radius 1 is 0.828 bits per heavy atom. The monoisotopic (exact) mass is 410 g/mol. The molecule has 2 saturated heterocycles. The van der Waals surface area contributed by atoms with E-state index >= 15 is 0 Å². The van der Waals surface area contributed by atoms with Gasteiger partial charge in [-0.05, 0) is 31.1 Å². The van der Waals surface area contributed by atoms with E-state index in [9.17, 15) is 19.2 Å². The van der Waals surface area contributed by atoms with Gasteiger partial charge >= 0.3 is 0 Å². The Morgan fingerprint density at radius 2 is 1.28 bits per heavy atom. The summed E-state index contributed by atoms with van der Waals surface area (Å²) in [5, 5.41) is 0. The maximum Gasteiger partial charge on any atom is 0.222 e. The third kappa shape index (κ3) is 9.76. The summed E-state index contributed by atoms with van der Waals surface area (Å²) in [6, 6.07) is 0. The van der Waals surface area contributed by atoms with Crippen molar-refractivity contribution in [1.29, 1.82) is 0 Å². The molecule has 2 aliphatic rings. The van der Waals surface area contributed by atoms with Crippen molar-refractivity contribution >= 4 is 23.6 Å². The van der Waals surface area contributed by atoms with Gasteiger partial charge in [-0.25, -0.2) is 0 Å². The van der Waals surface area contributed by atoms with Crippen LogP contribution in [0.25, 0.3) is 0 Å². The number of carbonyl (C=O) groups excluding carboxylic acids is 4. The number of likely N-dealkylation sites (tertiary alicyclic amines) is 2. The summed E-state index contributed by atoms with van der Waals surface area (Å²) < 4.78 is 0. The van der Waals surface area contributed by atoms with Crippen molar-refractivity contribution in [1.82, 2.24) is 9.80 Å². The smallest absolute Gasteiger partial charge is 0.222 e. The van der Waals surface area contributed by atoms with E-state index in [1.165, 1.54) is 0 Å². The zero-order valence-corrected chi connectivity index (χ0v) is 18.0. The molecule has 2 heterocycles. The Labute approximate surface area is 174 Å². The van der Waals surface area contributed by atoms with Crippen molar-refractivity contribution < 1.29 is 19.2 Å². The summed E-state index contributed by atoms with van der Waals surface area (Å²) in [6.07, 6.45) is 7.15. The zero-order valence-electron chi connectivity index (χ0n) is 18.0. The highest BCUT2D eigenvalue weighted by atomic mass is 16.2. The van der Waals surface area contributed by atoms with Gasteiger partial charge in [0.25, 0.3) is 0 Å². The fraction of sp³-hybridized carbons (Fsp3) is 0.810. The Morgan fingerprint density at radius 3 is 1.69 bits per heavy atom. The van der Waals surface area contributed by atoms with Crippen molar-refractivity contribution in [3.8, 4) is 0 Å². The third-order valence-electron chi connectivity index (χ3n) is 5.46. The summed E-state index contributed by atoms with van der Waals surface area (Å²) in [7, 11) is 0. The lowest BCUT2D eigenvalue weighted by molar-refractivity contribution is -0.129. The number of primary amides is 2. The predicted octanol–water partition coefficient (Wildman–Crippen LogP) is 1.41. The van der Waals surface area contributed by atoms with Gasteiger partial charge in [0.05, 0.1) is 0 Å². The van der Waals surface area contributed by atoms with Gasteiger partial charge in [-0.15, -0.1) is 0 Å². The first-order valence-electron chi connectivity index (χ1n) is 10.9. The SMILES string of the molecule is CCCC1CC(=O)N(CCC(N)=O)C1.CCCC1CC(=O)N(CCCC(N)=O)C1. The molecule has 4 N–H and O–H groups in total. The first kappa shape index (κ1) is 24.9. The third-order valence-corrected chi connectivity index (χ3v) is 5.46. The summed E-state index contributed by atoms with van der Waals surface area (Å²) >= 11 is 0. The van der Waals surface area contributed by atoms with Gasteiger partial charge < -0.3 is 21.3 Å². The standard InChI is InChI=1S/C11H20N2O2.C10H18N2O2/c1-2-4-9-7-11(15)13(8-9)6-3-5-10(12)14;1-2-3-8-6-10(14)12(7-8)5-4-9(11)13/h9H,2-8H2,1H3,(H2,12,14);8H,2-7H2,1H3,(H2,11,13). The van der Waals surface area contributed by atoms with Crippen LogP contribution in [0.4, 0.5) is 0 Å². The van der Waals surface area contributed by atoms with Crippen LogP contribution in [0.5, 0.6) is 0 Å². The lowest BCUT2D eigenvalue weighted by Gasteiger charge is -2.15. The summed E-state index contributed by atoms with van der Waals surface area (Å²) in [5.74, 6) is 0.794. The van der Waals surface area contributed by atoms with E-state index in [1.54, 1.807) is 4.90 Å². The van der Waals surface area contributed by atoms with Crippen LogP contribution in [0.1, 0.15) is 71.6 Å². The van der Waals surface area contributed by atoms with E-state index in [0.29, 0.717) is 50.6 Å². The van der Waals surface area contributed by atoms with Gasteiger partial charge in [0.2, 0.25) is 23.6 Å². The van der Waals surface area contributed by atoms with E-state index in [0.717, 1.165) is 38.8 Å². The van der Waals surface area contributed by atoms with Crippen LogP contribution < -0.4 is 11.5 Å². The number of amides is 4. The molecule has 2 unspecified atom stereocenters. The molecule has 0 aromatic carbocycles. The van der Waals surface area contributed by atoms with Crippen LogP contribution in [-0.4, -0.2) is 59.6 Å².